The van der Waals surface area contributed by atoms with Crippen LogP contribution >= 0.6 is 15.9 Å². The van der Waals surface area contributed by atoms with E-state index in [9.17, 15) is 13.2 Å². The van der Waals surface area contributed by atoms with Crippen molar-refractivity contribution in [3.8, 4) is 0 Å². The van der Waals surface area contributed by atoms with Crippen molar-refractivity contribution in [2.75, 3.05) is 17.2 Å². The van der Waals surface area contributed by atoms with E-state index >= 15 is 0 Å². The lowest BCUT2D eigenvalue weighted by molar-refractivity contribution is -0.132. The minimum absolute atomic E-state index is 0.0278. The number of nitrogens with two attached hydrogens (primary N) is 1. The van der Waals surface area contributed by atoms with Crippen LogP contribution in [0.4, 0.5) is 24.5 Å². The molecule has 2 nitrogen and oxygen atoms in total. The SMILES string of the molecule is Nc1cc(Br)ccc1N(CCC(F)(F)F)C1CCCCC1. The molecular weight excluding hydrogens is 345 g/mol. The molecule has 2 N–H and O–H groups in total. The number of halogens is 4. The number of nitrogens with zero attached hydrogens (tertiary/aromatic N) is 1. The van der Waals surface area contributed by atoms with E-state index in [2.05, 4.69) is 15.9 Å². The number of rotatable bonds is 4. The van der Waals surface area contributed by atoms with E-state index in [1.807, 2.05) is 17.0 Å². The van der Waals surface area contributed by atoms with Crippen LogP contribution in [0.1, 0.15) is 38.5 Å². The quantitative estimate of drug-likeness (QED) is 0.751. The van der Waals surface area contributed by atoms with Crippen LogP contribution in [-0.4, -0.2) is 18.8 Å². The molecule has 2 rings (SSSR count). The molecule has 0 amide bonds. The second-order valence-corrected chi connectivity index (χ2v) is 6.47. The summed E-state index contributed by atoms with van der Waals surface area (Å²) in [5.41, 5.74) is 7.26. The first-order chi connectivity index (χ1) is 9.87. The van der Waals surface area contributed by atoms with E-state index in [4.69, 9.17) is 5.73 Å². The Bertz CT molecular complexity index is 470. The first-order valence-corrected chi connectivity index (χ1v) is 8.04. The average Bonchev–Trinajstić information content (AvgIpc) is 2.41. The van der Waals surface area contributed by atoms with Crippen LogP contribution in [0.15, 0.2) is 22.7 Å². The Morgan fingerprint density at radius 3 is 2.43 bits per heavy atom. The van der Waals surface area contributed by atoms with Gasteiger partial charge in [-0.2, -0.15) is 13.2 Å². The van der Waals surface area contributed by atoms with Gasteiger partial charge in [0.25, 0.3) is 0 Å². The molecule has 1 saturated carbocycles. The minimum atomic E-state index is -4.14. The third-order valence-corrected chi connectivity index (χ3v) is 4.44. The highest BCUT2D eigenvalue weighted by molar-refractivity contribution is 9.10. The van der Waals surface area contributed by atoms with Gasteiger partial charge in [0, 0.05) is 17.1 Å². The fourth-order valence-electron chi connectivity index (χ4n) is 2.93. The van der Waals surface area contributed by atoms with Gasteiger partial charge in [-0.05, 0) is 31.0 Å². The summed E-state index contributed by atoms with van der Waals surface area (Å²) in [5.74, 6) is 0. The zero-order valence-electron chi connectivity index (χ0n) is 11.8. The van der Waals surface area contributed by atoms with Gasteiger partial charge in [0.15, 0.2) is 0 Å². The highest BCUT2D eigenvalue weighted by atomic mass is 79.9. The first-order valence-electron chi connectivity index (χ1n) is 7.25. The summed E-state index contributed by atoms with van der Waals surface area (Å²) in [6, 6.07) is 5.54. The third-order valence-electron chi connectivity index (χ3n) is 3.95. The lowest BCUT2D eigenvalue weighted by Gasteiger charge is -2.37. The molecule has 0 aliphatic heterocycles. The van der Waals surface area contributed by atoms with Crippen LogP contribution in [0.2, 0.25) is 0 Å². The summed E-state index contributed by atoms with van der Waals surface area (Å²) < 4.78 is 38.6. The topological polar surface area (TPSA) is 29.3 Å². The average molecular weight is 365 g/mol. The summed E-state index contributed by atoms with van der Waals surface area (Å²) >= 11 is 3.33. The first kappa shape index (κ1) is 16.5. The normalized spacial score (nSPS) is 17.0. The summed E-state index contributed by atoms with van der Waals surface area (Å²) in [7, 11) is 0. The molecule has 0 unspecified atom stereocenters. The molecule has 0 radical (unpaired) electrons. The lowest BCUT2D eigenvalue weighted by atomic mass is 9.93. The minimum Gasteiger partial charge on any atom is -0.397 e. The van der Waals surface area contributed by atoms with Crippen molar-refractivity contribution in [2.45, 2.75) is 50.7 Å². The van der Waals surface area contributed by atoms with Crippen molar-refractivity contribution >= 4 is 27.3 Å². The molecule has 1 aliphatic rings. The fraction of sp³-hybridized carbons (Fsp3) is 0.600. The molecular formula is C15H20BrF3N2. The highest BCUT2D eigenvalue weighted by Crippen LogP contribution is 2.34. The number of benzene rings is 1. The molecule has 0 aromatic heterocycles. The summed E-state index contributed by atoms with van der Waals surface area (Å²) in [5, 5.41) is 0. The second-order valence-electron chi connectivity index (χ2n) is 5.55. The Labute approximate surface area is 131 Å². The Morgan fingerprint density at radius 2 is 1.86 bits per heavy atom. The molecule has 118 valence electrons. The molecule has 0 saturated heterocycles. The number of hydrogen-bond acceptors (Lipinski definition) is 2. The predicted molar refractivity (Wildman–Crippen MR) is 83.4 cm³/mol. The maximum atomic E-state index is 12.6. The summed E-state index contributed by atoms with van der Waals surface area (Å²) in [6.45, 7) is -0.0278. The molecule has 1 aromatic carbocycles. The van der Waals surface area contributed by atoms with Crippen LogP contribution < -0.4 is 10.6 Å². The van der Waals surface area contributed by atoms with Crippen LogP contribution in [0.5, 0.6) is 0 Å². The van der Waals surface area contributed by atoms with Gasteiger partial charge >= 0.3 is 6.18 Å². The van der Waals surface area contributed by atoms with E-state index in [-0.39, 0.29) is 12.6 Å². The number of anilines is 2. The molecule has 0 atom stereocenters. The maximum Gasteiger partial charge on any atom is 0.390 e. The monoisotopic (exact) mass is 364 g/mol. The summed E-state index contributed by atoms with van der Waals surface area (Å²) in [6.07, 6.45) is 0.240. The summed E-state index contributed by atoms with van der Waals surface area (Å²) in [4.78, 5) is 1.86. The van der Waals surface area contributed by atoms with E-state index in [0.717, 1.165) is 30.2 Å². The van der Waals surface area contributed by atoms with Gasteiger partial charge in [-0.15, -0.1) is 0 Å². The van der Waals surface area contributed by atoms with Crippen molar-refractivity contribution in [3.05, 3.63) is 22.7 Å². The zero-order valence-corrected chi connectivity index (χ0v) is 13.4. The molecule has 6 heteroatoms. The fourth-order valence-corrected chi connectivity index (χ4v) is 3.31. The lowest BCUT2D eigenvalue weighted by Crippen LogP contribution is -2.39. The van der Waals surface area contributed by atoms with Gasteiger partial charge < -0.3 is 10.6 Å². The van der Waals surface area contributed by atoms with Crippen molar-refractivity contribution < 1.29 is 13.2 Å². The van der Waals surface area contributed by atoms with Gasteiger partial charge in [-0.3, -0.25) is 0 Å². The van der Waals surface area contributed by atoms with E-state index in [1.165, 1.54) is 6.42 Å². The Kier molecular flexibility index (Phi) is 5.41. The molecule has 0 spiro atoms. The smallest absolute Gasteiger partial charge is 0.390 e. The van der Waals surface area contributed by atoms with Gasteiger partial charge in [-0.25, -0.2) is 0 Å². The van der Waals surface area contributed by atoms with Crippen molar-refractivity contribution in [2.24, 2.45) is 0 Å². The van der Waals surface area contributed by atoms with E-state index in [1.54, 1.807) is 6.07 Å². The Balaban J connectivity index is 2.21. The molecule has 1 fully saturated rings. The van der Waals surface area contributed by atoms with Crippen molar-refractivity contribution in [1.29, 1.82) is 0 Å². The Hall–Kier alpha value is -0.910. The maximum absolute atomic E-state index is 12.6. The number of alkyl halides is 3. The highest BCUT2D eigenvalue weighted by Gasteiger charge is 2.31. The van der Waals surface area contributed by atoms with Gasteiger partial charge in [0.05, 0.1) is 17.8 Å². The van der Waals surface area contributed by atoms with Gasteiger partial charge in [-0.1, -0.05) is 35.2 Å². The standard InChI is InChI=1S/C15H20BrF3N2/c16-11-6-7-14(13(20)10-11)21(9-8-15(17,18)19)12-4-2-1-3-5-12/h6-7,10,12H,1-5,8-9,20H2. The third kappa shape index (κ3) is 4.80. The second kappa shape index (κ2) is 6.90. The van der Waals surface area contributed by atoms with Crippen LogP contribution in [-0.2, 0) is 0 Å². The Morgan fingerprint density at radius 1 is 1.19 bits per heavy atom. The van der Waals surface area contributed by atoms with Crippen molar-refractivity contribution in [3.63, 3.8) is 0 Å². The molecule has 1 aromatic rings. The van der Waals surface area contributed by atoms with Crippen LogP contribution in [0.3, 0.4) is 0 Å². The van der Waals surface area contributed by atoms with Crippen LogP contribution in [0.25, 0.3) is 0 Å². The number of hydrogen-bond donors (Lipinski definition) is 1. The van der Waals surface area contributed by atoms with E-state index in [0.29, 0.717) is 11.4 Å². The molecule has 0 bridgehead atoms. The predicted octanol–water partition coefficient (Wildman–Crippen LogP) is 5.12. The largest absolute Gasteiger partial charge is 0.397 e. The molecule has 21 heavy (non-hydrogen) atoms. The zero-order chi connectivity index (χ0) is 15.5. The van der Waals surface area contributed by atoms with Gasteiger partial charge in [0.1, 0.15) is 0 Å². The van der Waals surface area contributed by atoms with Gasteiger partial charge in [0.2, 0.25) is 0 Å². The van der Waals surface area contributed by atoms with Crippen LogP contribution in [0, 0.1) is 0 Å². The van der Waals surface area contributed by atoms with Crippen molar-refractivity contribution in [1.82, 2.24) is 0 Å². The molecule has 0 heterocycles. The molecule has 1 aliphatic carbocycles. The number of nitrogen functional groups attached to an aromatic ring is 1. The van der Waals surface area contributed by atoms with E-state index < -0.39 is 12.6 Å².